The maximum atomic E-state index is 12.6. The van der Waals surface area contributed by atoms with Crippen LogP contribution in [0.25, 0.3) is 0 Å². The molecule has 0 atom stereocenters. The first-order chi connectivity index (χ1) is 12.6. The van der Waals surface area contributed by atoms with Gasteiger partial charge < -0.3 is 15.0 Å². The molecule has 0 bridgehead atoms. The zero-order valence-electron chi connectivity index (χ0n) is 15.3. The molecule has 1 saturated carbocycles. The molecule has 0 saturated heterocycles. The number of aryl methyl sites for hydroxylation is 1. The molecule has 0 radical (unpaired) electrons. The number of carbonyl (C=O) groups is 2. The Morgan fingerprint density at radius 1 is 1.27 bits per heavy atom. The van der Waals surface area contributed by atoms with Crippen molar-refractivity contribution < 1.29 is 14.3 Å². The van der Waals surface area contributed by atoms with Gasteiger partial charge in [-0.1, -0.05) is 12.1 Å². The van der Waals surface area contributed by atoms with E-state index >= 15 is 0 Å². The standard InChI is InChI=1S/C20H27ClN2O3/c1-23(17-6-4-16(5-7-17)22-19(24)13-21)20(25)9-3-14-2-8-18-15(12-14)10-11-26-18/h2,8,12,16-17H,3-7,9-11,13H2,1H3,(H,22,24). The molecule has 1 aliphatic heterocycles. The number of hydrogen-bond donors (Lipinski definition) is 1. The number of nitrogens with one attached hydrogen (secondary N) is 1. The van der Waals surface area contributed by atoms with Gasteiger partial charge in [-0.15, -0.1) is 11.6 Å². The van der Waals surface area contributed by atoms with E-state index < -0.39 is 0 Å². The fourth-order valence-electron chi connectivity index (χ4n) is 3.90. The molecule has 1 aromatic carbocycles. The normalized spacial score (nSPS) is 21.6. The molecule has 2 amide bonds. The molecule has 1 fully saturated rings. The van der Waals surface area contributed by atoms with Crippen LogP contribution >= 0.6 is 11.6 Å². The molecular formula is C20H27ClN2O3. The zero-order valence-corrected chi connectivity index (χ0v) is 16.1. The molecule has 5 nitrogen and oxygen atoms in total. The summed E-state index contributed by atoms with van der Waals surface area (Å²) in [6, 6.07) is 6.69. The number of carbonyl (C=O) groups excluding carboxylic acids is 2. The first-order valence-electron chi connectivity index (χ1n) is 9.42. The van der Waals surface area contributed by atoms with Crippen LogP contribution in [-0.4, -0.2) is 48.3 Å². The van der Waals surface area contributed by atoms with Crippen molar-refractivity contribution in [3.8, 4) is 5.75 Å². The number of nitrogens with zero attached hydrogens (tertiary/aromatic N) is 1. The van der Waals surface area contributed by atoms with Gasteiger partial charge in [0.2, 0.25) is 11.8 Å². The highest BCUT2D eigenvalue weighted by molar-refractivity contribution is 6.27. The third-order valence-electron chi connectivity index (χ3n) is 5.51. The van der Waals surface area contributed by atoms with Gasteiger partial charge in [0.15, 0.2) is 0 Å². The summed E-state index contributed by atoms with van der Waals surface area (Å²) in [7, 11) is 1.90. The van der Waals surface area contributed by atoms with Gasteiger partial charge in [0, 0.05) is 32.0 Å². The Morgan fingerprint density at radius 3 is 2.77 bits per heavy atom. The van der Waals surface area contributed by atoms with Crippen LogP contribution in [0.5, 0.6) is 5.75 Å². The van der Waals surface area contributed by atoms with E-state index in [0.717, 1.165) is 50.9 Å². The summed E-state index contributed by atoms with van der Waals surface area (Å²) < 4.78 is 5.53. The summed E-state index contributed by atoms with van der Waals surface area (Å²) in [5.74, 6) is 1.07. The lowest BCUT2D eigenvalue weighted by atomic mass is 9.90. The van der Waals surface area contributed by atoms with E-state index in [4.69, 9.17) is 16.3 Å². The summed E-state index contributed by atoms with van der Waals surface area (Å²) in [5.41, 5.74) is 2.45. The van der Waals surface area contributed by atoms with Gasteiger partial charge in [0.1, 0.15) is 11.6 Å². The SMILES string of the molecule is CN(C(=O)CCc1ccc2c(c1)CCO2)C1CCC(NC(=O)CCl)CC1. The second-order valence-corrected chi connectivity index (χ2v) is 7.52. The van der Waals surface area contributed by atoms with E-state index in [1.807, 2.05) is 18.0 Å². The van der Waals surface area contributed by atoms with Gasteiger partial charge in [-0.25, -0.2) is 0 Å². The maximum absolute atomic E-state index is 12.6. The Labute approximate surface area is 160 Å². The van der Waals surface area contributed by atoms with Crippen LogP contribution in [-0.2, 0) is 22.4 Å². The number of hydrogen-bond acceptors (Lipinski definition) is 3. The third kappa shape index (κ3) is 4.70. The van der Waals surface area contributed by atoms with Crippen LogP contribution < -0.4 is 10.1 Å². The highest BCUT2D eigenvalue weighted by Crippen LogP contribution is 2.27. The molecule has 0 unspecified atom stereocenters. The fraction of sp³-hybridized carbons (Fsp3) is 0.600. The minimum Gasteiger partial charge on any atom is -0.493 e. The third-order valence-corrected chi connectivity index (χ3v) is 5.75. The molecule has 1 heterocycles. The highest BCUT2D eigenvalue weighted by atomic mass is 35.5. The molecule has 0 spiro atoms. The number of benzene rings is 1. The smallest absolute Gasteiger partial charge is 0.235 e. The minimum absolute atomic E-state index is 0.00708. The Kier molecular flexibility index (Phi) is 6.41. The molecular weight excluding hydrogens is 352 g/mol. The lowest BCUT2D eigenvalue weighted by Gasteiger charge is -2.35. The Bertz CT molecular complexity index is 656. The molecule has 26 heavy (non-hydrogen) atoms. The van der Waals surface area contributed by atoms with Crippen molar-refractivity contribution >= 4 is 23.4 Å². The number of halogens is 1. The average Bonchev–Trinajstić information content (AvgIpc) is 3.13. The van der Waals surface area contributed by atoms with E-state index in [9.17, 15) is 9.59 Å². The first-order valence-corrected chi connectivity index (χ1v) is 9.96. The van der Waals surface area contributed by atoms with Crippen LogP contribution in [0.15, 0.2) is 18.2 Å². The van der Waals surface area contributed by atoms with Crippen molar-refractivity contribution in [1.29, 1.82) is 0 Å². The number of rotatable bonds is 6. The summed E-state index contributed by atoms with van der Waals surface area (Å²) in [6.07, 6.45) is 5.89. The molecule has 1 aromatic rings. The van der Waals surface area contributed by atoms with Gasteiger partial charge in [-0.3, -0.25) is 9.59 Å². The Balaban J connectivity index is 1.44. The predicted molar refractivity (Wildman–Crippen MR) is 102 cm³/mol. The number of amides is 2. The predicted octanol–water partition coefficient (Wildman–Crippen LogP) is 2.68. The van der Waals surface area contributed by atoms with Crippen molar-refractivity contribution in [2.24, 2.45) is 0 Å². The van der Waals surface area contributed by atoms with Crippen LogP contribution in [0, 0.1) is 0 Å². The van der Waals surface area contributed by atoms with Crippen molar-refractivity contribution in [2.75, 3.05) is 19.5 Å². The Morgan fingerprint density at radius 2 is 2.04 bits per heavy atom. The highest BCUT2D eigenvalue weighted by Gasteiger charge is 2.27. The molecule has 1 N–H and O–H groups in total. The van der Waals surface area contributed by atoms with E-state index in [1.165, 1.54) is 11.1 Å². The quantitative estimate of drug-likeness (QED) is 0.774. The maximum Gasteiger partial charge on any atom is 0.235 e. The largest absolute Gasteiger partial charge is 0.493 e. The lowest BCUT2D eigenvalue weighted by Crippen LogP contribution is -2.44. The average molecular weight is 379 g/mol. The van der Waals surface area contributed by atoms with Gasteiger partial charge in [-0.05, 0) is 49.3 Å². The Hall–Kier alpha value is -1.75. The lowest BCUT2D eigenvalue weighted by molar-refractivity contribution is -0.132. The molecule has 6 heteroatoms. The van der Waals surface area contributed by atoms with Gasteiger partial charge in [-0.2, -0.15) is 0 Å². The van der Waals surface area contributed by atoms with E-state index in [0.29, 0.717) is 6.42 Å². The monoisotopic (exact) mass is 378 g/mol. The van der Waals surface area contributed by atoms with Crippen molar-refractivity contribution in [3.05, 3.63) is 29.3 Å². The minimum atomic E-state index is -0.112. The zero-order chi connectivity index (χ0) is 18.5. The van der Waals surface area contributed by atoms with Crippen molar-refractivity contribution in [1.82, 2.24) is 10.2 Å². The van der Waals surface area contributed by atoms with Crippen molar-refractivity contribution in [3.63, 3.8) is 0 Å². The van der Waals surface area contributed by atoms with Gasteiger partial charge in [0.05, 0.1) is 6.61 Å². The summed E-state index contributed by atoms with van der Waals surface area (Å²) in [5, 5.41) is 2.94. The molecule has 142 valence electrons. The number of ether oxygens (including phenoxy) is 1. The summed E-state index contributed by atoms with van der Waals surface area (Å²) >= 11 is 5.54. The van der Waals surface area contributed by atoms with E-state index in [2.05, 4.69) is 17.4 Å². The fourth-order valence-corrected chi connectivity index (χ4v) is 3.98. The second kappa shape index (κ2) is 8.76. The molecule has 1 aliphatic carbocycles. The van der Waals surface area contributed by atoms with Crippen LogP contribution in [0.2, 0.25) is 0 Å². The summed E-state index contributed by atoms with van der Waals surface area (Å²) in [4.78, 5) is 25.8. The number of fused-ring (bicyclic) bond motifs is 1. The van der Waals surface area contributed by atoms with Crippen molar-refractivity contribution in [2.45, 2.75) is 57.0 Å². The molecule has 3 rings (SSSR count). The summed E-state index contributed by atoms with van der Waals surface area (Å²) in [6.45, 7) is 0.758. The van der Waals surface area contributed by atoms with Crippen LogP contribution in [0.1, 0.15) is 43.2 Å². The van der Waals surface area contributed by atoms with E-state index in [-0.39, 0.29) is 29.8 Å². The topological polar surface area (TPSA) is 58.6 Å². The first kappa shape index (κ1) is 19.0. The van der Waals surface area contributed by atoms with Gasteiger partial charge in [0.25, 0.3) is 0 Å². The van der Waals surface area contributed by atoms with E-state index in [1.54, 1.807) is 0 Å². The van der Waals surface area contributed by atoms with Crippen LogP contribution in [0.3, 0.4) is 0 Å². The van der Waals surface area contributed by atoms with Gasteiger partial charge >= 0.3 is 0 Å². The molecule has 2 aliphatic rings. The molecule has 0 aromatic heterocycles. The second-order valence-electron chi connectivity index (χ2n) is 7.25. The van der Waals surface area contributed by atoms with Crippen LogP contribution in [0.4, 0.5) is 0 Å². The number of alkyl halides is 1.